The summed E-state index contributed by atoms with van der Waals surface area (Å²) in [6.45, 7) is 2.48. The summed E-state index contributed by atoms with van der Waals surface area (Å²) in [4.78, 5) is 24.7. The first kappa shape index (κ1) is 24.7. The van der Waals surface area contributed by atoms with Crippen molar-refractivity contribution in [3.8, 4) is 0 Å². The third-order valence-corrected chi connectivity index (χ3v) is 7.92. The van der Waals surface area contributed by atoms with Crippen LogP contribution in [0, 0.1) is 5.92 Å². The molecule has 0 unspecified atom stereocenters. The quantitative estimate of drug-likeness (QED) is 0.521. The summed E-state index contributed by atoms with van der Waals surface area (Å²) in [7, 11) is -3.46. The van der Waals surface area contributed by atoms with Gasteiger partial charge in [0.05, 0.1) is 22.9 Å². The maximum atomic E-state index is 12.8. The molecule has 32 heavy (non-hydrogen) atoms. The molecule has 1 saturated heterocycles. The van der Waals surface area contributed by atoms with E-state index >= 15 is 0 Å². The zero-order valence-corrected chi connectivity index (χ0v) is 20.7. The molecule has 0 radical (unpaired) electrons. The molecule has 2 aromatic carbocycles. The Morgan fingerprint density at radius 1 is 1.16 bits per heavy atom. The number of benzene rings is 2. The summed E-state index contributed by atoms with van der Waals surface area (Å²) in [6, 6.07) is 11.8. The van der Waals surface area contributed by atoms with Crippen molar-refractivity contribution in [1.82, 2.24) is 4.31 Å². The summed E-state index contributed by atoms with van der Waals surface area (Å²) >= 11 is 9.40. The van der Waals surface area contributed by atoms with Crippen LogP contribution in [0.2, 0.25) is 5.02 Å². The van der Waals surface area contributed by atoms with Crippen molar-refractivity contribution < 1.29 is 22.7 Å². The molecule has 1 aliphatic rings. The van der Waals surface area contributed by atoms with Crippen LogP contribution < -0.4 is 5.32 Å². The van der Waals surface area contributed by atoms with Crippen LogP contribution in [-0.2, 0) is 25.3 Å². The van der Waals surface area contributed by atoms with Gasteiger partial charge in [-0.25, -0.2) is 17.5 Å². The number of carbonyl (C=O) groups excluding carboxylic acids is 2. The maximum absolute atomic E-state index is 12.8. The lowest BCUT2D eigenvalue weighted by Crippen LogP contribution is -2.41. The van der Waals surface area contributed by atoms with Crippen molar-refractivity contribution in [2.24, 2.45) is 5.92 Å². The summed E-state index contributed by atoms with van der Waals surface area (Å²) < 4.78 is 32.8. The van der Waals surface area contributed by atoms with Crippen LogP contribution in [0.1, 0.15) is 35.7 Å². The van der Waals surface area contributed by atoms with Gasteiger partial charge in [0.2, 0.25) is 15.9 Å². The van der Waals surface area contributed by atoms with E-state index in [4.69, 9.17) is 16.3 Å². The van der Waals surface area contributed by atoms with Gasteiger partial charge in [0.25, 0.3) is 0 Å². The molecule has 0 bridgehead atoms. The molecule has 0 spiro atoms. The lowest BCUT2D eigenvalue weighted by molar-refractivity contribution is -0.120. The normalized spacial score (nSPS) is 15.3. The Kier molecular flexibility index (Phi) is 8.32. The van der Waals surface area contributed by atoms with Gasteiger partial charge in [-0.15, -0.1) is 0 Å². The summed E-state index contributed by atoms with van der Waals surface area (Å²) in [5.41, 5.74) is 1.33. The largest absolute Gasteiger partial charge is 0.462 e. The SMILES string of the molecule is CCOC(=O)c1cc(NC(=O)C2CCN(S(=O)(=O)Cc3ccc(Br)cc3)CC2)ccc1Cl. The van der Waals surface area contributed by atoms with Crippen molar-refractivity contribution in [2.45, 2.75) is 25.5 Å². The van der Waals surface area contributed by atoms with Crippen molar-refractivity contribution in [1.29, 1.82) is 0 Å². The Hall–Kier alpha value is -1.94. The van der Waals surface area contributed by atoms with Crippen LogP contribution in [0.15, 0.2) is 46.9 Å². The molecule has 0 atom stereocenters. The molecular weight excluding hydrogens is 520 g/mol. The third-order valence-electron chi connectivity index (χ3n) is 5.21. The highest BCUT2D eigenvalue weighted by atomic mass is 79.9. The molecule has 0 aliphatic carbocycles. The van der Waals surface area contributed by atoms with E-state index in [1.54, 1.807) is 25.1 Å². The van der Waals surface area contributed by atoms with Crippen LogP contribution >= 0.6 is 27.5 Å². The molecule has 172 valence electrons. The van der Waals surface area contributed by atoms with E-state index in [2.05, 4.69) is 21.2 Å². The number of sulfonamides is 1. The topological polar surface area (TPSA) is 92.8 Å². The van der Waals surface area contributed by atoms with Gasteiger partial charge in [0.1, 0.15) is 0 Å². The van der Waals surface area contributed by atoms with Crippen LogP contribution in [0.25, 0.3) is 0 Å². The first-order valence-electron chi connectivity index (χ1n) is 10.2. The molecule has 1 heterocycles. The van der Waals surface area contributed by atoms with Crippen LogP contribution in [0.4, 0.5) is 5.69 Å². The molecule has 1 N–H and O–H groups in total. The summed E-state index contributed by atoms with van der Waals surface area (Å²) in [6.07, 6.45) is 0.841. The Morgan fingerprint density at radius 2 is 1.81 bits per heavy atom. The van der Waals surface area contributed by atoms with E-state index in [0.717, 1.165) is 4.47 Å². The molecule has 1 aliphatic heterocycles. The minimum absolute atomic E-state index is 0.0709. The number of hydrogen-bond donors (Lipinski definition) is 1. The minimum atomic E-state index is -3.46. The molecule has 0 saturated carbocycles. The Balaban J connectivity index is 1.58. The molecule has 7 nitrogen and oxygen atoms in total. The van der Waals surface area contributed by atoms with E-state index in [9.17, 15) is 18.0 Å². The maximum Gasteiger partial charge on any atom is 0.339 e. The Morgan fingerprint density at radius 3 is 2.44 bits per heavy atom. The zero-order valence-electron chi connectivity index (χ0n) is 17.5. The number of rotatable bonds is 7. The second-order valence-corrected chi connectivity index (χ2v) is 10.8. The number of amides is 1. The highest BCUT2D eigenvalue weighted by Crippen LogP contribution is 2.25. The van der Waals surface area contributed by atoms with Crippen LogP contribution in [0.3, 0.4) is 0 Å². The molecule has 0 aromatic heterocycles. The smallest absolute Gasteiger partial charge is 0.339 e. The van der Waals surface area contributed by atoms with Gasteiger partial charge in [-0.05, 0) is 55.7 Å². The molecule has 1 amide bonds. The van der Waals surface area contributed by atoms with E-state index in [1.165, 1.54) is 16.4 Å². The Bertz CT molecular complexity index is 1080. The van der Waals surface area contributed by atoms with Crippen molar-refractivity contribution in [2.75, 3.05) is 25.0 Å². The number of piperidine rings is 1. The average molecular weight is 544 g/mol. The fourth-order valence-corrected chi connectivity index (χ4v) is 5.51. The van der Waals surface area contributed by atoms with E-state index < -0.39 is 16.0 Å². The predicted molar refractivity (Wildman–Crippen MR) is 127 cm³/mol. The fourth-order valence-electron chi connectivity index (χ4n) is 3.49. The molecule has 3 rings (SSSR count). The van der Waals surface area contributed by atoms with Gasteiger partial charge in [0, 0.05) is 29.2 Å². The second kappa shape index (κ2) is 10.8. The molecular formula is C22H24BrClN2O5S. The van der Waals surface area contributed by atoms with Gasteiger partial charge in [-0.3, -0.25) is 4.79 Å². The average Bonchev–Trinajstić information content (AvgIpc) is 2.76. The number of nitrogens with one attached hydrogen (secondary N) is 1. The number of halogens is 2. The van der Waals surface area contributed by atoms with Gasteiger partial charge < -0.3 is 10.1 Å². The molecule has 1 fully saturated rings. The van der Waals surface area contributed by atoms with E-state index in [0.29, 0.717) is 24.1 Å². The Labute approximate surface area is 201 Å². The standard InChI is InChI=1S/C22H24BrClN2O5S/c1-2-31-22(28)19-13-18(7-8-20(19)24)25-21(27)16-9-11-26(12-10-16)32(29,30)14-15-3-5-17(23)6-4-15/h3-8,13,16H,2,9-12,14H2,1H3,(H,25,27). The van der Waals surface area contributed by atoms with Crippen LogP contribution in [-0.4, -0.2) is 44.3 Å². The lowest BCUT2D eigenvalue weighted by atomic mass is 9.97. The number of nitrogens with zero attached hydrogens (tertiary/aromatic N) is 1. The second-order valence-electron chi connectivity index (χ2n) is 7.46. The minimum Gasteiger partial charge on any atom is -0.462 e. The van der Waals surface area contributed by atoms with Crippen molar-refractivity contribution in [3.05, 3.63) is 63.1 Å². The first-order valence-corrected chi connectivity index (χ1v) is 13.0. The lowest BCUT2D eigenvalue weighted by Gasteiger charge is -2.30. The first-order chi connectivity index (χ1) is 15.2. The van der Waals surface area contributed by atoms with Gasteiger partial charge in [-0.2, -0.15) is 0 Å². The highest BCUT2D eigenvalue weighted by molar-refractivity contribution is 9.10. The van der Waals surface area contributed by atoms with Gasteiger partial charge >= 0.3 is 5.97 Å². The van der Waals surface area contributed by atoms with E-state index in [-0.39, 0.29) is 47.9 Å². The molecule has 2 aromatic rings. The van der Waals surface area contributed by atoms with Crippen molar-refractivity contribution in [3.63, 3.8) is 0 Å². The van der Waals surface area contributed by atoms with Gasteiger partial charge in [-0.1, -0.05) is 39.7 Å². The summed E-state index contributed by atoms with van der Waals surface area (Å²) in [5, 5.41) is 3.04. The number of anilines is 1. The number of carbonyl (C=O) groups is 2. The summed E-state index contributed by atoms with van der Waals surface area (Å²) in [5.74, 6) is -1.17. The zero-order chi connectivity index (χ0) is 23.3. The van der Waals surface area contributed by atoms with E-state index in [1.807, 2.05) is 12.1 Å². The molecule has 10 heteroatoms. The predicted octanol–water partition coefficient (Wildman–Crippen LogP) is 4.46. The third kappa shape index (κ3) is 6.31. The fraction of sp³-hybridized carbons (Fsp3) is 0.364. The monoisotopic (exact) mass is 542 g/mol. The number of hydrogen-bond acceptors (Lipinski definition) is 5. The van der Waals surface area contributed by atoms with Crippen molar-refractivity contribution >= 4 is 55.1 Å². The highest BCUT2D eigenvalue weighted by Gasteiger charge is 2.31. The van der Waals surface area contributed by atoms with Gasteiger partial charge in [0.15, 0.2) is 0 Å². The van der Waals surface area contributed by atoms with Crippen LogP contribution in [0.5, 0.6) is 0 Å². The number of ether oxygens (including phenoxy) is 1. The number of esters is 1.